The van der Waals surface area contributed by atoms with E-state index in [0.717, 1.165) is 42.3 Å². The van der Waals surface area contributed by atoms with Gasteiger partial charge in [0.25, 0.3) is 0 Å². The van der Waals surface area contributed by atoms with E-state index < -0.39 is 0 Å². The number of nitrogens with one attached hydrogen (secondary N) is 1. The van der Waals surface area contributed by atoms with Gasteiger partial charge in [0.1, 0.15) is 17.6 Å². The first-order valence-electron chi connectivity index (χ1n) is 11.7. The number of hydrogen-bond acceptors (Lipinski definition) is 7. The fourth-order valence-electron chi connectivity index (χ4n) is 4.42. The zero-order chi connectivity index (χ0) is 23.0. The average Bonchev–Trinajstić information content (AvgIpc) is 3.03. The Morgan fingerprint density at radius 2 is 2.12 bits per heavy atom. The van der Waals surface area contributed by atoms with Crippen LogP contribution >= 0.6 is 0 Å². The van der Waals surface area contributed by atoms with Crippen LogP contribution < -0.4 is 14.8 Å². The number of nitrogens with zero attached hydrogens (tertiary/aromatic N) is 3. The minimum absolute atomic E-state index is 0.00499. The number of ether oxygens (including phenoxy) is 3. The van der Waals surface area contributed by atoms with E-state index in [-0.39, 0.29) is 18.1 Å². The topological polar surface area (TPSA) is 76.2 Å². The average molecular weight is 455 g/mol. The first-order chi connectivity index (χ1) is 16.2. The lowest BCUT2D eigenvalue weighted by molar-refractivity contribution is -0.122. The zero-order valence-electron chi connectivity index (χ0n) is 19.5. The molecule has 2 aromatic rings. The molecule has 1 amide bonds. The maximum Gasteiger partial charge on any atom is 0.234 e. The van der Waals surface area contributed by atoms with E-state index >= 15 is 0 Å². The van der Waals surface area contributed by atoms with Crippen molar-refractivity contribution in [1.82, 2.24) is 20.1 Å². The summed E-state index contributed by atoms with van der Waals surface area (Å²) in [5.74, 6) is 1.67. The van der Waals surface area contributed by atoms with Crippen LogP contribution in [0.1, 0.15) is 30.6 Å². The second-order valence-corrected chi connectivity index (χ2v) is 8.51. The predicted molar refractivity (Wildman–Crippen MR) is 125 cm³/mol. The molecule has 0 aliphatic carbocycles. The van der Waals surface area contributed by atoms with Gasteiger partial charge in [-0.25, -0.2) is 0 Å². The molecule has 0 radical (unpaired) electrons. The van der Waals surface area contributed by atoms with Crippen LogP contribution in [-0.2, 0) is 16.1 Å². The van der Waals surface area contributed by atoms with Crippen LogP contribution in [0.25, 0.3) is 0 Å². The van der Waals surface area contributed by atoms with E-state index in [2.05, 4.69) is 27.0 Å². The van der Waals surface area contributed by atoms with Crippen molar-refractivity contribution < 1.29 is 19.0 Å². The van der Waals surface area contributed by atoms with Crippen molar-refractivity contribution in [1.29, 1.82) is 0 Å². The third-order valence-corrected chi connectivity index (χ3v) is 6.25. The number of methoxy groups -OCH3 is 1. The van der Waals surface area contributed by atoms with Crippen LogP contribution in [-0.4, -0.2) is 79.8 Å². The number of hydrogen-bond donors (Lipinski definition) is 1. The highest BCUT2D eigenvalue weighted by Crippen LogP contribution is 2.29. The SMILES string of the molecule is CCC1CN(CC(=O)NCC(c2ccccn2)N2CCOCC2)Cc2cc(OC)ccc2O1. The van der Waals surface area contributed by atoms with E-state index in [1.807, 2.05) is 36.4 Å². The third kappa shape index (κ3) is 6.22. The molecule has 8 nitrogen and oxygen atoms in total. The molecule has 0 bridgehead atoms. The number of morpholine rings is 1. The van der Waals surface area contributed by atoms with E-state index in [4.69, 9.17) is 14.2 Å². The van der Waals surface area contributed by atoms with E-state index in [9.17, 15) is 4.79 Å². The van der Waals surface area contributed by atoms with Crippen LogP contribution in [0, 0.1) is 0 Å². The number of aromatic nitrogens is 1. The van der Waals surface area contributed by atoms with Crippen LogP contribution in [0.2, 0.25) is 0 Å². The smallest absolute Gasteiger partial charge is 0.234 e. The second-order valence-electron chi connectivity index (χ2n) is 8.51. The summed E-state index contributed by atoms with van der Waals surface area (Å²) in [5.41, 5.74) is 2.01. The summed E-state index contributed by atoms with van der Waals surface area (Å²) in [6.45, 7) is 7.35. The molecular formula is C25H34N4O4. The summed E-state index contributed by atoms with van der Waals surface area (Å²) in [6.07, 6.45) is 2.72. The largest absolute Gasteiger partial charge is 0.497 e. The van der Waals surface area contributed by atoms with Crippen molar-refractivity contribution in [3.05, 3.63) is 53.9 Å². The lowest BCUT2D eigenvalue weighted by Crippen LogP contribution is -2.46. The summed E-state index contributed by atoms with van der Waals surface area (Å²) in [4.78, 5) is 22.0. The number of amides is 1. The fourth-order valence-corrected chi connectivity index (χ4v) is 4.42. The Balaban J connectivity index is 1.41. The lowest BCUT2D eigenvalue weighted by atomic mass is 10.1. The Bertz CT molecular complexity index is 905. The highest BCUT2D eigenvalue weighted by molar-refractivity contribution is 5.78. The number of rotatable bonds is 8. The van der Waals surface area contributed by atoms with Crippen molar-refractivity contribution in [3.8, 4) is 11.5 Å². The monoisotopic (exact) mass is 454 g/mol. The molecule has 2 aliphatic heterocycles. The van der Waals surface area contributed by atoms with E-state index in [1.165, 1.54) is 0 Å². The van der Waals surface area contributed by atoms with Gasteiger partial charge in [0, 0.05) is 44.5 Å². The third-order valence-electron chi connectivity index (χ3n) is 6.25. The Kier molecular flexibility index (Phi) is 8.15. The minimum atomic E-state index is 0.00499. The molecule has 33 heavy (non-hydrogen) atoms. The number of carbonyl (C=O) groups excluding carboxylic acids is 1. The quantitative estimate of drug-likeness (QED) is 0.656. The summed E-state index contributed by atoms with van der Waals surface area (Å²) in [6, 6.07) is 11.8. The molecule has 3 heterocycles. The predicted octanol–water partition coefficient (Wildman–Crippen LogP) is 2.25. The van der Waals surface area contributed by atoms with Crippen molar-refractivity contribution in [2.45, 2.75) is 32.0 Å². The zero-order valence-corrected chi connectivity index (χ0v) is 19.5. The van der Waals surface area contributed by atoms with Gasteiger partial charge in [0.05, 0.1) is 38.6 Å². The normalized spacial score (nSPS) is 20.2. The fraction of sp³-hybridized carbons (Fsp3) is 0.520. The molecule has 1 N–H and O–H groups in total. The molecule has 2 unspecified atom stereocenters. The summed E-state index contributed by atoms with van der Waals surface area (Å²) < 4.78 is 17.1. The first kappa shape index (κ1) is 23.5. The van der Waals surface area contributed by atoms with Gasteiger partial charge < -0.3 is 19.5 Å². The molecule has 0 saturated carbocycles. The van der Waals surface area contributed by atoms with Crippen molar-refractivity contribution in [2.24, 2.45) is 0 Å². The molecule has 0 spiro atoms. The Hall–Kier alpha value is -2.68. The molecule has 2 atom stereocenters. The van der Waals surface area contributed by atoms with Gasteiger partial charge in [-0.3, -0.25) is 19.6 Å². The Morgan fingerprint density at radius 1 is 1.27 bits per heavy atom. The summed E-state index contributed by atoms with van der Waals surface area (Å²) in [5, 5.41) is 3.16. The minimum Gasteiger partial charge on any atom is -0.497 e. The molecule has 4 rings (SSSR count). The molecule has 1 aromatic heterocycles. The highest BCUT2D eigenvalue weighted by atomic mass is 16.5. The van der Waals surface area contributed by atoms with Gasteiger partial charge in [-0.05, 0) is 36.8 Å². The van der Waals surface area contributed by atoms with Gasteiger partial charge in [-0.1, -0.05) is 13.0 Å². The number of fused-ring (bicyclic) bond motifs is 1. The number of carbonyl (C=O) groups is 1. The van der Waals surface area contributed by atoms with Crippen LogP contribution in [0.5, 0.6) is 11.5 Å². The van der Waals surface area contributed by atoms with E-state index in [0.29, 0.717) is 39.4 Å². The Labute approximate surface area is 195 Å². The van der Waals surface area contributed by atoms with Crippen molar-refractivity contribution >= 4 is 5.91 Å². The highest BCUT2D eigenvalue weighted by Gasteiger charge is 2.26. The maximum atomic E-state index is 13.0. The van der Waals surface area contributed by atoms with Gasteiger partial charge in [0.2, 0.25) is 5.91 Å². The summed E-state index contributed by atoms with van der Waals surface area (Å²) in [7, 11) is 1.66. The van der Waals surface area contributed by atoms with Crippen LogP contribution in [0.15, 0.2) is 42.6 Å². The molecule has 1 fully saturated rings. The van der Waals surface area contributed by atoms with Crippen molar-refractivity contribution in [3.63, 3.8) is 0 Å². The van der Waals surface area contributed by atoms with Crippen molar-refractivity contribution in [2.75, 3.05) is 53.0 Å². The van der Waals surface area contributed by atoms with Crippen LogP contribution in [0.3, 0.4) is 0 Å². The van der Waals surface area contributed by atoms with Gasteiger partial charge >= 0.3 is 0 Å². The maximum absolute atomic E-state index is 13.0. The molecule has 1 saturated heterocycles. The lowest BCUT2D eigenvalue weighted by Gasteiger charge is -2.34. The molecule has 178 valence electrons. The Morgan fingerprint density at radius 3 is 2.85 bits per heavy atom. The van der Waals surface area contributed by atoms with Crippen LogP contribution in [0.4, 0.5) is 0 Å². The van der Waals surface area contributed by atoms with E-state index in [1.54, 1.807) is 13.3 Å². The van der Waals surface area contributed by atoms with Gasteiger partial charge in [-0.2, -0.15) is 0 Å². The number of pyridine rings is 1. The first-order valence-corrected chi connectivity index (χ1v) is 11.7. The molecule has 1 aromatic carbocycles. The molecule has 2 aliphatic rings. The molecular weight excluding hydrogens is 420 g/mol. The molecule has 8 heteroatoms. The second kappa shape index (κ2) is 11.4. The summed E-state index contributed by atoms with van der Waals surface area (Å²) >= 11 is 0. The standard InChI is InChI=1S/C25H34N4O4/c1-3-20-17-28(16-19-14-21(31-2)7-8-24(19)33-20)18-25(30)27-15-23(22-6-4-5-9-26-22)29-10-12-32-13-11-29/h4-9,14,20,23H,3,10-13,15-18H2,1-2H3,(H,27,30). The van der Waals surface area contributed by atoms with Gasteiger partial charge in [-0.15, -0.1) is 0 Å². The van der Waals surface area contributed by atoms with Gasteiger partial charge in [0.15, 0.2) is 0 Å². The number of benzene rings is 1.